The maximum absolute atomic E-state index is 10.3. The van der Waals surface area contributed by atoms with Gasteiger partial charge in [-0.15, -0.1) is 0 Å². The van der Waals surface area contributed by atoms with Crippen LogP contribution >= 0.6 is 0 Å². The molecule has 0 bridgehead atoms. The van der Waals surface area contributed by atoms with Crippen molar-refractivity contribution in [2.75, 3.05) is 0 Å². The maximum atomic E-state index is 10.3. The summed E-state index contributed by atoms with van der Waals surface area (Å²) in [6, 6.07) is 5.48. The van der Waals surface area contributed by atoms with E-state index in [1.165, 1.54) is 24.3 Å². The highest BCUT2D eigenvalue weighted by Gasteiger charge is 2.16. The lowest BCUT2D eigenvalue weighted by atomic mass is 10.2. The molecule has 4 N–H and O–H groups in total. The Balaban J connectivity index is 0. The van der Waals surface area contributed by atoms with Gasteiger partial charge in [-0.25, -0.2) is 0 Å². The van der Waals surface area contributed by atoms with Gasteiger partial charge in [0.2, 0.25) is 0 Å². The lowest BCUT2D eigenvalue weighted by Crippen LogP contribution is -2.00. The van der Waals surface area contributed by atoms with Gasteiger partial charge >= 0.3 is 0 Å². The van der Waals surface area contributed by atoms with Crippen LogP contribution in [-0.4, -0.2) is 37.3 Å². The topological polar surface area (TPSA) is 158 Å². The number of para-hydroxylation sites is 1. The monoisotopic (exact) mass is 289 g/mol. The summed E-state index contributed by atoms with van der Waals surface area (Å²) in [5, 5.41) is 42.6. The molecule has 0 heterocycles. The number of aliphatic carboxylic acids is 2. The van der Waals surface area contributed by atoms with Crippen molar-refractivity contribution in [2.45, 2.75) is 20.1 Å². The van der Waals surface area contributed by atoms with Crippen LogP contribution in [0.15, 0.2) is 24.3 Å². The third-order valence-electron chi connectivity index (χ3n) is 1.41. The smallest absolute Gasteiger partial charge is 0.300 e. The Hall–Kier alpha value is -2.52. The van der Waals surface area contributed by atoms with E-state index < -0.39 is 23.2 Å². The maximum Gasteiger partial charge on any atom is 0.300 e. The van der Waals surface area contributed by atoms with E-state index in [1.807, 2.05) is 0 Å². The molecular formula is C11H15NO8. The van der Waals surface area contributed by atoms with Gasteiger partial charge in [-0.1, -0.05) is 12.1 Å². The molecule has 1 rings (SSSR count). The number of aliphatic hydroxyl groups excluding tert-OH is 1. The van der Waals surface area contributed by atoms with E-state index in [-0.39, 0.29) is 11.3 Å². The molecule has 20 heavy (non-hydrogen) atoms. The molecule has 0 aromatic heterocycles. The van der Waals surface area contributed by atoms with Crippen LogP contribution in [0.2, 0.25) is 0 Å². The third-order valence-corrected chi connectivity index (χ3v) is 1.41. The largest absolute Gasteiger partial charge is 0.481 e. The van der Waals surface area contributed by atoms with Crippen molar-refractivity contribution < 1.29 is 34.9 Å². The van der Waals surface area contributed by atoms with Crippen molar-refractivity contribution in [1.82, 2.24) is 0 Å². The van der Waals surface area contributed by atoms with E-state index >= 15 is 0 Å². The molecule has 0 fully saturated rings. The number of nitro benzene ring substituents is 1. The molecule has 0 aliphatic heterocycles. The first-order valence-electron chi connectivity index (χ1n) is 5.08. The number of nitrogens with zero attached hydrogens (tertiary/aromatic N) is 1. The van der Waals surface area contributed by atoms with Crippen LogP contribution in [0.3, 0.4) is 0 Å². The number of aliphatic hydroxyl groups is 2. The van der Waals surface area contributed by atoms with Gasteiger partial charge in [0.05, 0.1) is 10.5 Å². The second-order valence-corrected chi connectivity index (χ2v) is 3.23. The van der Waals surface area contributed by atoms with Crippen LogP contribution in [-0.2, 0) is 9.59 Å². The van der Waals surface area contributed by atoms with Gasteiger partial charge < -0.3 is 20.4 Å². The van der Waals surface area contributed by atoms with Gasteiger partial charge in [0.1, 0.15) is 0 Å². The Bertz CT molecular complexity index is 437. The Labute approximate surface area is 113 Å². The van der Waals surface area contributed by atoms with Crippen LogP contribution in [0.25, 0.3) is 0 Å². The summed E-state index contributed by atoms with van der Waals surface area (Å²) in [7, 11) is 0. The first-order chi connectivity index (χ1) is 9.09. The molecule has 0 amide bonds. The molecule has 1 aromatic rings. The lowest BCUT2D eigenvalue weighted by Gasteiger charge is -2.02. The number of carbonyl (C=O) groups is 2. The van der Waals surface area contributed by atoms with Crippen molar-refractivity contribution >= 4 is 17.6 Å². The Morgan fingerprint density at radius 1 is 1.10 bits per heavy atom. The number of hydrogen-bond acceptors (Lipinski definition) is 6. The number of rotatable bonds is 2. The average Bonchev–Trinajstić information content (AvgIpc) is 2.27. The number of carboxylic acids is 2. The summed E-state index contributed by atoms with van der Waals surface area (Å²) in [6.07, 6.45) is -1.80. The molecule has 0 aliphatic rings. The van der Waals surface area contributed by atoms with Crippen molar-refractivity contribution in [3.05, 3.63) is 39.9 Å². The third kappa shape index (κ3) is 12.0. The number of benzene rings is 1. The molecule has 0 aliphatic carbocycles. The van der Waals surface area contributed by atoms with Crippen molar-refractivity contribution in [3.8, 4) is 0 Å². The summed E-state index contributed by atoms with van der Waals surface area (Å²) < 4.78 is 0. The predicted octanol–water partition coefficient (Wildman–Crippen LogP) is 0.760. The van der Waals surface area contributed by atoms with E-state index in [2.05, 4.69) is 0 Å². The minimum absolute atomic E-state index is 0.0949. The molecule has 0 radical (unpaired) electrons. The van der Waals surface area contributed by atoms with E-state index in [1.54, 1.807) is 0 Å². The quantitative estimate of drug-likeness (QED) is 0.353. The Morgan fingerprint density at radius 3 is 1.70 bits per heavy atom. The van der Waals surface area contributed by atoms with Crippen LogP contribution in [0.1, 0.15) is 25.7 Å². The first kappa shape index (κ1) is 19.8. The molecule has 0 spiro atoms. The molecular weight excluding hydrogens is 274 g/mol. The highest BCUT2D eigenvalue weighted by molar-refractivity contribution is 5.63. The van der Waals surface area contributed by atoms with Crippen molar-refractivity contribution in [3.63, 3.8) is 0 Å². The zero-order chi connectivity index (χ0) is 16.3. The zero-order valence-electron chi connectivity index (χ0n) is 10.8. The average molecular weight is 289 g/mol. The standard InChI is InChI=1S/C7H7NO4.2C2H4O2/c9-7(10)5-3-1-2-4-6(5)8(11)12;2*1-2(3)4/h1-4,7,9-10H;2*1H3,(H,3,4). The van der Waals surface area contributed by atoms with Crippen molar-refractivity contribution in [2.24, 2.45) is 0 Å². The predicted molar refractivity (Wildman–Crippen MR) is 66.9 cm³/mol. The molecule has 9 heteroatoms. The van der Waals surface area contributed by atoms with Crippen LogP contribution in [0, 0.1) is 10.1 Å². The van der Waals surface area contributed by atoms with E-state index in [4.69, 9.17) is 30.0 Å². The van der Waals surface area contributed by atoms with Crippen LogP contribution < -0.4 is 0 Å². The fraction of sp³-hybridized carbons (Fsp3) is 0.273. The van der Waals surface area contributed by atoms with Gasteiger partial charge in [-0.2, -0.15) is 0 Å². The minimum atomic E-state index is -1.80. The van der Waals surface area contributed by atoms with Gasteiger partial charge in [0.25, 0.3) is 17.6 Å². The van der Waals surface area contributed by atoms with Crippen molar-refractivity contribution in [1.29, 1.82) is 0 Å². The summed E-state index contributed by atoms with van der Waals surface area (Å²) in [4.78, 5) is 27.7. The fourth-order valence-corrected chi connectivity index (χ4v) is 0.872. The minimum Gasteiger partial charge on any atom is -0.481 e. The summed E-state index contributed by atoms with van der Waals surface area (Å²) in [6.45, 7) is 2.17. The lowest BCUT2D eigenvalue weighted by molar-refractivity contribution is -0.386. The summed E-state index contributed by atoms with van der Waals surface area (Å²) in [5.41, 5.74) is -0.380. The molecule has 0 unspecified atom stereocenters. The second kappa shape index (κ2) is 10.4. The molecule has 0 saturated carbocycles. The normalized spacial score (nSPS) is 8.65. The number of carboxylic acid groups (broad SMARTS) is 2. The van der Waals surface area contributed by atoms with E-state index in [0.29, 0.717) is 0 Å². The SMILES string of the molecule is CC(=O)O.CC(=O)O.O=[N+]([O-])c1ccccc1C(O)O. The summed E-state index contributed by atoms with van der Waals surface area (Å²) >= 11 is 0. The van der Waals surface area contributed by atoms with Gasteiger partial charge in [-0.05, 0) is 6.07 Å². The van der Waals surface area contributed by atoms with E-state index in [0.717, 1.165) is 13.8 Å². The first-order valence-corrected chi connectivity index (χ1v) is 5.08. The highest BCUT2D eigenvalue weighted by Crippen LogP contribution is 2.22. The molecule has 0 atom stereocenters. The van der Waals surface area contributed by atoms with Gasteiger partial charge in [-0.3, -0.25) is 19.7 Å². The molecule has 0 saturated heterocycles. The molecule has 112 valence electrons. The summed E-state index contributed by atoms with van der Waals surface area (Å²) in [5.74, 6) is -1.67. The molecule has 9 nitrogen and oxygen atoms in total. The van der Waals surface area contributed by atoms with Gasteiger partial charge in [0, 0.05) is 19.9 Å². The Kier molecular flexibility index (Phi) is 10.3. The number of hydrogen-bond donors (Lipinski definition) is 4. The van der Waals surface area contributed by atoms with Gasteiger partial charge in [0.15, 0.2) is 6.29 Å². The van der Waals surface area contributed by atoms with E-state index in [9.17, 15) is 10.1 Å². The Morgan fingerprint density at radius 2 is 1.45 bits per heavy atom. The fourth-order valence-electron chi connectivity index (χ4n) is 0.872. The molecule has 1 aromatic carbocycles. The second-order valence-electron chi connectivity index (χ2n) is 3.23. The number of nitro groups is 1. The van der Waals surface area contributed by atoms with Crippen LogP contribution in [0.4, 0.5) is 5.69 Å². The highest BCUT2D eigenvalue weighted by atomic mass is 16.6. The zero-order valence-corrected chi connectivity index (χ0v) is 10.8. The van der Waals surface area contributed by atoms with Crippen LogP contribution in [0.5, 0.6) is 0 Å².